The fraction of sp³-hybridized carbons (Fsp3) is 0.300. The first-order valence-electron chi connectivity index (χ1n) is 4.02. The van der Waals surface area contributed by atoms with Crippen LogP contribution in [0.25, 0.3) is 6.08 Å². The Hall–Kier alpha value is -0.630. The van der Waals surface area contributed by atoms with Crippen molar-refractivity contribution in [1.29, 1.82) is 0 Å². The van der Waals surface area contributed by atoms with E-state index in [1.807, 2.05) is 6.20 Å². The van der Waals surface area contributed by atoms with Gasteiger partial charge in [-0.05, 0) is 47.0 Å². The molecule has 0 saturated heterocycles. The normalized spacial score (nSPS) is 10.9. The number of aromatic nitrogens is 1. The molecule has 0 aliphatic heterocycles. The lowest BCUT2D eigenvalue weighted by Crippen LogP contribution is -1.85. The fourth-order valence-corrected chi connectivity index (χ4v) is 1.40. The van der Waals surface area contributed by atoms with Crippen LogP contribution in [-0.2, 0) is 0 Å². The maximum atomic E-state index is 4.28. The Labute approximate surface area is 81.7 Å². The molecule has 0 fully saturated rings. The molecule has 0 amide bonds. The molecule has 0 aromatic carbocycles. The topological polar surface area (TPSA) is 12.9 Å². The van der Waals surface area contributed by atoms with Crippen molar-refractivity contribution >= 4 is 22.0 Å². The maximum Gasteiger partial charge on any atom is 0.0656 e. The molecule has 1 aromatic heterocycles. The number of aryl methyl sites for hydroxylation is 1. The van der Waals surface area contributed by atoms with Gasteiger partial charge >= 0.3 is 0 Å². The van der Waals surface area contributed by atoms with E-state index in [1.165, 1.54) is 5.56 Å². The average Bonchev–Trinajstić information content (AvgIpc) is 2.03. The summed E-state index contributed by atoms with van der Waals surface area (Å²) < 4.78 is 1.04. The van der Waals surface area contributed by atoms with Crippen molar-refractivity contribution in [2.24, 2.45) is 0 Å². The van der Waals surface area contributed by atoms with Gasteiger partial charge in [0.15, 0.2) is 0 Å². The van der Waals surface area contributed by atoms with Crippen molar-refractivity contribution in [3.05, 3.63) is 34.1 Å². The van der Waals surface area contributed by atoms with Crippen LogP contribution in [0.15, 0.2) is 22.8 Å². The van der Waals surface area contributed by atoms with Crippen LogP contribution in [0.2, 0.25) is 0 Å². The Balaban J connectivity index is 2.94. The molecule has 2 heteroatoms. The van der Waals surface area contributed by atoms with E-state index < -0.39 is 0 Å². The Morgan fingerprint density at radius 3 is 2.92 bits per heavy atom. The predicted molar refractivity (Wildman–Crippen MR) is 56.0 cm³/mol. The monoisotopic (exact) mass is 225 g/mol. The second kappa shape index (κ2) is 4.41. The second-order valence-electron chi connectivity index (χ2n) is 2.67. The molecule has 0 aliphatic rings. The van der Waals surface area contributed by atoms with E-state index in [0.717, 1.165) is 16.6 Å². The summed E-state index contributed by atoms with van der Waals surface area (Å²) in [6.45, 7) is 4.18. The first-order valence-corrected chi connectivity index (χ1v) is 4.82. The number of pyridine rings is 1. The van der Waals surface area contributed by atoms with E-state index in [2.05, 4.69) is 53.0 Å². The molecule has 0 radical (unpaired) electrons. The highest BCUT2D eigenvalue weighted by atomic mass is 79.9. The molecule has 1 aromatic rings. The Morgan fingerprint density at radius 1 is 1.58 bits per heavy atom. The highest BCUT2D eigenvalue weighted by molar-refractivity contribution is 9.10. The van der Waals surface area contributed by atoms with Crippen LogP contribution in [0.3, 0.4) is 0 Å². The number of hydrogen-bond acceptors (Lipinski definition) is 1. The van der Waals surface area contributed by atoms with Gasteiger partial charge in [0.2, 0.25) is 0 Å². The quantitative estimate of drug-likeness (QED) is 0.751. The lowest BCUT2D eigenvalue weighted by atomic mass is 10.2. The molecule has 0 unspecified atom stereocenters. The van der Waals surface area contributed by atoms with Crippen molar-refractivity contribution in [2.45, 2.75) is 20.3 Å². The van der Waals surface area contributed by atoms with Gasteiger partial charge in [-0.25, -0.2) is 0 Å². The third-order valence-electron chi connectivity index (χ3n) is 1.60. The molecular formula is C10H12BrN. The van der Waals surface area contributed by atoms with Crippen molar-refractivity contribution in [3.8, 4) is 0 Å². The van der Waals surface area contributed by atoms with Gasteiger partial charge in [0.25, 0.3) is 0 Å². The molecule has 0 atom stereocenters. The molecule has 12 heavy (non-hydrogen) atoms. The van der Waals surface area contributed by atoms with E-state index >= 15 is 0 Å². The molecule has 1 rings (SSSR count). The zero-order valence-corrected chi connectivity index (χ0v) is 8.93. The molecule has 0 aliphatic carbocycles. The van der Waals surface area contributed by atoms with Crippen LogP contribution in [0, 0.1) is 6.92 Å². The number of allylic oxidation sites excluding steroid dienone is 1. The summed E-state index contributed by atoms with van der Waals surface area (Å²) in [4.78, 5) is 4.28. The van der Waals surface area contributed by atoms with E-state index in [0.29, 0.717) is 0 Å². The summed E-state index contributed by atoms with van der Waals surface area (Å²) in [6.07, 6.45) is 7.05. The summed E-state index contributed by atoms with van der Waals surface area (Å²) in [6, 6.07) is 2.07. The Kier molecular flexibility index (Phi) is 3.48. The molecule has 0 bridgehead atoms. The minimum Gasteiger partial charge on any atom is -0.255 e. The largest absolute Gasteiger partial charge is 0.255 e. The number of hydrogen-bond donors (Lipinski definition) is 0. The molecule has 0 spiro atoms. The lowest BCUT2D eigenvalue weighted by molar-refractivity contribution is 1.20. The van der Waals surface area contributed by atoms with Crippen LogP contribution in [-0.4, -0.2) is 4.98 Å². The highest BCUT2D eigenvalue weighted by Crippen LogP contribution is 2.13. The van der Waals surface area contributed by atoms with Crippen molar-refractivity contribution in [2.75, 3.05) is 0 Å². The van der Waals surface area contributed by atoms with Crippen LogP contribution < -0.4 is 0 Å². The Bertz CT molecular complexity index is 292. The first kappa shape index (κ1) is 9.46. The fourth-order valence-electron chi connectivity index (χ4n) is 0.955. The van der Waals surface area contributed by atoms with Gasteiger partial charge in [0.1, 0.15) is 0 Å². The summed E-state index contributed by atoms with van der Waals surface area (Å²) in [5.41, 5.74) is 2.26. The van der Waals surface area contributed by atoms with Gasteiger partial charge in [0.05, 0.1) is 5.69 Å². The molecule has 0 saturated carbocycles. The third-order valence-corrected chi connectivity index (χ3v) is 2.03. The molecule has 1 nitrogen and oxygen atoms in total. The summed E-state index contributed by atoms with van der Waals surface area (Å²) in [5.74, 6) is 0. The number of nitrogens with zero attached hydrogens (tertiary/aromatic N) is 1. The molecule has 0 N–H and O–H groups in total. The second-order valence-corrected chi connectivity index (χ2v) is 3.58. The van der Waals surface area contributed by atoms with E-state index in [1.54, 1.807) is 0 Å². The van der Waals surface area contributed by atoms with Gasteiger partial charge in [0, 0.05) is 10.7 Å². The predicted octanol–water partition coefficient (Wildman–Crippen LogP) is 3.58. The Morgan fingerprint density at radius 2 is 2.33 bits per heavy atom. The van der Waals surface area contributed by atoms with Crippen LogP contribution in [0.1, 0.15) is 24.6 Å². The van der Waals surface area contributed by atoms with E-state index in [9.17, 15) is 0 Å². The van der Waals surface area contributed by atoms with Gasteiger partial charge in [-0.3, -0.25) is 4.98 Å². The zero-order valence-electron chi connectivity index (χ0n) is 7.34. The van der Waals surface area contributed by atoms with Crippen molar-refractivity contribution < 1.29 is 0 Å². The van der Waals surface area contributed by atoms with Crippen molar-refractivity contribution in [3.63, 3.8) is 0 Å². The lowest BCUT2D eigenvalue weighted by Gasteiger charge is -1.98. The van der Waals surface area contributed by atoms with Crippen LogP contribution in [0.4, 0.5) is 0 Å². The SMILES string of the molecule is CC/C=C\c1ncc(Br)cc1C. The first-order chi connectivity index (χ1) is 5.74. The van der Waals surface area contributed by atoms with Crippen LogP contribution >= 0.6 is 15.9 Å². The molecular weight excluding hydrogens is 214 g/mol. The van der Waals surface area contributed by atoms with Crippen LogP contribution in [0.5, 0.6) is 0 Å². The van der Waals surface area contributed by atoms with Gasteiger partial charge in [-0.1, -0.05) is 13.0 Å². The third kappa shape index (κ3) is 2.45. The molecule has 1 heterocycles. The maximum absolute atomic E-state index is 4.28. The summed E-state index contributed by atoms with van der Waals surface area (Å²) in [5, 5.41) is 0. The smallest absolute Gasteiger partial charge is 0.0656 e. The van der Waals surface area contributed by atoms with Crippen molar-refractivity contribution in [1.82, 2.24) is 4.98 Å². The highest BCUT2D eigenvalue weighted by Gasteiger charge is 1.95. The minimum absolute atomic E-state index is 1.04. The number of halogens is 1. The summed E-state index contributed by atoms with van der Waals surface area (Å²) >= 11 is 3.38. The van der Waals surface area contributed by atoms with E-state index in [4.69, 9.17) is 0 Å². The van der Waals surface area contributed by atoms with E-state index in [-0.39, 0.29) is 0 Å². The number of rotatable bonds is 2. The minimum atomic E-state index is 1.04. The summed E-state index contributed by atoms with van der Waals surface area (Å²) in [7, 11) is 0. The standard InChI is InChI=1S/C10H12BrN/c1-3-4-5-10-8(2)6-9(11)7-12-10/h4-7H,3H2,1-2H3/b5-4-. The molecule has 64 valence electrons. The van der Waals surface area contributed by atoms with Gasteiger partial charge < -0.3 is 0 Å². The zero-order chi connectivity index (χ0) is 8.97. The van der Waals surface area contributed by atoms with Gasteiger partial charge in [-0.15, -0.1) is 0 Å². The average molecular weight is 226 g/mol. The van der Waals surface area contributed by atoms with Gasteiger partial charge in [-0.2, -0.15) is 0 Å².